The fraction of sp³-hybridized carbons (Fsp3) is 0.500. The average molecular weight is 384 g/mol. The molecule has 136 valence electrons. The van der Waals surface area contributed by atoms with Gasteiger partial charge in [0, 0.05) is 44.1 Å². The van der Waals surface area contributed by atoms with Crippen molar-refractivity contribution in [1.29, 1.82) is 0 Å². The van der Waals surface area contributed by atoms with Gasteiger partial charge in [0.25, 0.3) is 10.2 Å². The fourth-order valence-corrected chi connectivity index (χ4v) is 4.29. The van der Waals surface area contributed by atoms with E-state index >= 15 is 0 Å². The highest BCUT2D eigenvalue weighted by atomic mass is 35.5. The third kappa shape index (κ3) is 4.03. The summed E-state index contributed by atoms with van der Waals surface area (Å²) in [5, 5.41) is 4.91. The van der Waals surface area contributed by atoms with E-state index in [1.807, 2.05) is 18.2 Å². The lowest BCUT2D eigenvalue weighted by Gasteiger charge is -2.32. The Hall–Kier alpha value is -1.48. The van der Waals surface area contributed by atoms with Crippen molar-refractivity contribution >= 4 is 38.5 Å². The molecule has 1 N–H and O–H groups in total. The first-order valence-electron chi connectivity index (χ1n) is 8.19. The molecule has 0 saturated carbocycles. The molecule has 1 aliphatic rings. The Morgan fingerprint density at radius 3 is 2.68 bits per heavy atom. The van der Waals surface area contributed by atoms with E-state index < -0.39 is 10.2 Å². The van der Waals surface area contributed by atoms with Crippen molar-refractivity contribution in [1.82, 2.24) is 18.6 Å². The van der Waals surface area contributed by atoms with Crippen LogP contribution in [0.3, 0.4) is 0 Å². The molecule has 0 spiro atoms. The molecule has 0 radical (unpaired) electrons. The third-order valence-corrected chi connectivity index (χ3v) is 6.69. The highest BCUT2D eigenvalue weighted by Gasteiger charge is 2.29. The number of nitrogens with zero attached hydrogens (tertiary/aromatic N) is 4. The molecule has 1 aliphatic heterocycles. The van der Waals surface area contributed by atoms with Crippen LogP contribution in [0.2, 0.25) is 5.02 Å². The van der Waals surface area contributed by atoms with E-state index in [2.05, 4.69) is 15.3 Å². The van der Waals surface area contributed by atoms with Gasteiger partial charge < -0.3 is 5.32 Å². The Balaban J connectivity index is 1.62. The molecule has 1 saturated heterocycles. The highest BCUT2D eigenvalue weighted by molar-refractivity contribution is 7.86. The van der Waals surface area contributed by atoms with Gasteiger partial charge >= 0.3 is 0 Å². The quantitative estimate of drug-likeness (QED) is 0.856. The molecule has 0 amide bonds. The molecule has 0 atom stereocenters. The number of nitrogens with one attached hydrogen (secondary N) is 1. The first-order chi connectivity index (χ1) is 11.9. The molecule has 25 heavy (non-hydrogen) atoms. The van der Waals surface area contributed by atoms with Crippen LogP contribution < -0.4 is 5.32 Å². The van der Waals surface area contributed by atoms with Gasteiger partial charge in [-0.2, -0.15) is 17.0 Å². The van der Waals surface area contributed by atoms with Gasteiger partial charge in [-0.3, -0.25) is 0 Å². The standard InChI is InChI=1S/C16H22ClN5O2S/c1-21(2)25(23,24)22-7-5-12(6-8-22)10-18-16-14-9-13(17)3-4-15(14)19-11-20-16/h3-4,9,11-12H,5-8,10H2,1-2H3,(H,18,19,20). The first-order valence-corrected chi connectivity index (χ1v) is 9.97. The molecule has 9 heteroatoms. The van der Waals surface area contributed by atoms with Crippen molar-refractivity contribution < 1.29 is 8.42 Å². The number of aromatic nitrogens is 2. The zero-order chi connectivity index (χ0) is 18.0. The second-order valence-corrected chi connectivity index (χ2v) is 8.98. The smallest absolute Gasteiger partial charge is 0.281 e. The molecule has 0 aliphatic carbocycles. The molecule has 1 aromatic carbocycles. The maximum Gasteiger partial charge on any atom is 0.281 e. The molecule has 2 heterocycles. The molecule has 2 aromatic rings. The number of piperidine rings is 1. The summed E-state index contributed by atoms with van der Waals surface area (Å²) >= 11 is 6.07. The van der Waals surface area contributed by atoms with Crippen LogP contribution in [0.1, 0.15) is 12.8 Å². The molecular formula is C16H22ClN5O2S. The molecule has 0 bridgehead atoms. The van der Waals surface area contributed by atoms with Crippen LogP contribution in [0, 0.1) is 5.92 Å². The van der Waals surface area contributed by atoms with Crippen molar-refractivity contribution in [3.63, 3.8) is 0 Å². The molecular weight excluding hydrogens is 362 g/mol. The predicted octanol–water partition coefficient (Wildman–Crippen LogP) is 2.21. The van der Waals surface area contributed by atoms with Crippen LogP contribution in [0.5, 0.6) is 0 Å². The summed E-state index contributed by atoms with van der Waals surface area (Å²) in [4.78, 5) is 8.56. The van der Waals surface area contributed by atoms with Gasteiger partial charge in [0.05, 0.1) is 5.52 Å². The van der Waals surface area contributed by atoms with Crippen LogP contribution in [0.15, 0.2) is 24.5 Å². The van der Waals surface area contributed by atoms with E-state index in [1.54, 1.807) is 18.4 Å². The number of hydrogen-bond donors (Lipinski definition) is 1. The maximum atomic E-state index is 12.2. The van der Waals surface area contributed by atoms with Gasteiger partial charge in [0.2, 0.25) is 0 Å². The van der Waals surface area contributed by atoms with Crippen molar-refractivity contribution in [3.8, 4) is 0 Å². The summed E-state index contributed by atoms with van der Waals surface area (Å²) in [6.07, 6.45) is 3.18. The van der Waals surface area contributed by atoms with Gasteiger partial charge in [-0.25, -0.2) is 9.97 Å². The summed E-state index contributed by atoms with van der Waals surface area (Å²) in [5.41, 5.74) is 0.841. The lowest BCUT2D eigenvalue weighted by Crippen LogP contribution is -2.45. The zero-order valence-electron chi connectivity index (χ0n) is 14.3. The van der Waals surface area contributed by atoms with E-state index in [0.29, 0.717) is 24.0 Å². The lowest BCUT2D eigenvalue weighted by molar-refractivity contribution is 0.270. The minimum Gasteiger partial charge on any atom is -0.369 e. The van der Waals surface area contributed by atoms with E-state index in [0.717, 1.165) is 36.1 Å². The predicted molar refractivity (Wildman–Crippen MR) is 99.9 cm³/mol. The van der Waals surface area contributed by atoms with E-state index in [1.165, 1.54) is 10.6 Å². The Bertz CT molecular complexity index is 851. The van der Waals surface area contributed by atoms with Crippen LogP contribution in [-0.2, 0) is 10.2 Å². The Labute approximate surface area is 153 Å². The van der Waals surface area contributed by atoms with Gasteiger partial charge in [-0.05, 0) is 37.0 Å². The number of halogens is 1. The van der Waals surface area contributed by atoms with Crippen molar-refractivity contribution in [2.75, 3.05) is 39.0 Å². The largest absolute Gasteiger partial charge is 0.369 e. The average Bonchev–Trinajstić information content (AvgIpc) is 2.60. The van der Waals surface area contributed by atoms with Crippen molar-refractivity contribution in [2.24, 2.45) is 5.92 Å². The third-order valence-electron chi connectivity index (χ3n) is 4.52. The second-order valence-electron chi connectivity index (χ2n) is 6.40. The number of benzene rings is 1. The minimum atomic E-state index is -3.31. The molecule has 7 nitrogen and oxygen atoms in total. The van der Waals surface area contributed by atoms with Gasteiger partial charge in [-0.1, -0.05) is 11.6 Å². The topological polar surface area (TPSA) is 78.4 Å². The van der Waals surface area contributed by atoms with E-state index in [-0.39, 0.29) is 0 Å². The maximum absolute atomic E-state index is 12.2. The van der Waals surface area contributed by atoms with Gasteiger partial charge in [-0.15, -0.1) is 0 Å². The summed E-state index contributed by atoms with van der Waals surface area (Å²) in [5.74, 6) is 1.16. The van der Waals surface area contributed by atoms with Crippen LogP contribution in [0.4, 0.5) is 5.82 Å². The monoisotopic (exact) mass is 383 g/mol. The molecule has 3 rings (SSSR count). The second kappa shape index (κ2) is 7.41. The van der Waals surface area contributed by atoms with Crippen molar-refractivity contribution in [3.05, 3.63) is 29.5 Å². The minimum absolute atomic E-state index is 0.401. The summed E-state index contributed by atoms with van der Waals surface area (Å²) in [7, 11) is -0.185. The van der Waals surface area contributed by atoms with Crippen LogP contribution in [-0.4, -0.2) is 60.7 Å². The summed E-state index contributed by atoms with van der Waals surface area (Å²) in [6.45, 7) is 1.83. The zero-order valence-corrected chi connectivity index (χ0v) is 15.9. The fourth-order valence-electron chi connectivity index (χ4n) is 2.99. The van der Waals surface area contributed by atoms with Gasteiger partial charge in [0.15, 0.2) is 0 Å². The number of rotatable bonds is 5. The van der Waals surface area contributed by atoms with Crippen LogP contribution >= 0.6 is 11.6 Å². The number of anilines is 1. The normalized spacial score (nSPS) is 17.3. The summed E-state index contributed by atoms with van der Waals surface area (Å²) < 4.78 is 27.1. The Morgan fingerprint density at radius 1 is 1.28 bits per heavy atom. The first kappa shape index (κ1) is 18.3. The highest BCUT2D eigenvalue weighted by Crippen LogP contribution is 2.25. The summed E-state index contributed by atoms with van der Waals surface area (Å²) in [6, 6.07) is 5.53. The Kier molecular flexibility index (Phi) is 5.43. The van der Waals surface area contributed by atoms with Crippen LogP contribution in [0.25, 0.3) is 10.9 Å². The molecule has 1 aromatic heterocycles. The Morgan fingerprint density at radius 2 is 2.00 bits per heavy atom. The SMILES string of the molecule is CN(C)S(=O)(=O)N1CCC(CNc2ncnc3ccc(Cl)cc23)CC1. The van der Waals surface area contributed by atoms with Gasteiger partial charge in [0.1, 0.15) is 12.1 Å². The lowest BCUT2D eigenvalue weighted by atomic mass is 9.98. The number of hydrogen-bond acceptors (Lipinski definition) is 5. The van der Waals surface area contributed by atoms with E-state index in [9.17, 15) is 8.42 Å². The van der Waals surface area contributed by atoms with E-state index in [4.69, 9.17) is 11.6 Å². The molecule has 0 unspecified atom stereocenters. The molecule has 1 fully saturated rings. The van der Waals surface area contributed by atoms with Crippen molar-refractivity contribution in [2.45, 2.75) is 12.8 Å². The number of fused-ring (bicyclic) bond motifs is 1.